The molecule has 1 saturated heterocycles. The Bertz CT molecular complexity index is 185. The number of hydrogen-bond acceptors (Lipinski definition) is 1. The zero-order chi connectivity index (χ0) is 8.97. The maximum absolute atomic E-state index is 3.99. The van der Waals surface area contributed by atoms with Gasteiger partial charge in [-0.2, -0.15) is 0 Å². The van der Waals surface area contributed by atoms with Crippen LogP contribution >= 0.6 is 0 Å². The van der Waals surface area contributed by atoms with Gasteiger partial charge in [0.2, 0.25) is 0 Å². The van der Waals surface area contributed by atoms with Gasteiger partial charge in [0, 0.05) is 6.54 Å². The summed E-state index contributed by atoms with van der Waals surface area (Å²) < 4.78 is 0. The average Bonchev–Trinajstić information content (AvgIpc) is 2.56. The minimum atomic E-state index is 0.758. The molecule has 1 nitrogen and oxygen atoms in total. The van der Waals surface area contributed by atoms with Crippen molar-refractivity contribution in [2.45, 2.75) is 26.7 Å². The molecule has 1 rings (SSSR count). The van der Waals surface area contributed by atoms with E-state index in [2.05, 4.69) is 31.8 Å². The van der Waals surface area contributed by atoms with Crippen LogP contribution in [-0.2, 0) is 0 Å². The van der Waals surface area contributed by atoms with Crippen LogP contribution in [0, 0.1) is 5.92 Å². The van der Waals surface area contributed by atoms with Crippen LogP contribution in [0.3, 0.4) is 0 Å². The predicted octanol–water partition coefficient (Wildman–Crippen LogP) is 2.51. The van der Waals surface area contributed by atoms with E-state index in [1.807, 2.05) is 0 Å². The third-order valence-electron chi connectivity index (χ3n) is 2.59. The normalized spacial score (nSPS) is 24.5. The zero-order valence-electron chi connectivity index (χ0n) is 8.19. The number of rotatable bonds is 3. The van der Waals surface area contributed by atoms with E-state index in [4.69, 9.17) is 0 Å². The molecule has 12 heavy (non-hydrogen) atoms. The molecule has 0 radical (unpaired) electrons. The fourth-order valence-corrected chi connectivity index (χ4v) is 1.59. The molecule has 68 valence electrons. The summed E-state index contributed by atoms with van der Waals surface area (Å²) in [5, 5.41) is 3.37. The van der Waals surface area contributed by atoms with E-state index >= 15 is 0 Å². The second kappa shape index (κ2) is 4.46. The first-order valence-corrected chi connectivity index (χ1v) is 4.80. The molecule has 0 saturated carbocycles. The van der Waals surface area contributed by atoms with Gasteiger partial charge < -0.3 is 5.32 Å². The zero-order valence-corrected chi connectivity index (χ0v) is 8.19. The maximum atomic E-state index is 3.99. The largest absolute Gasteiger partial charge is 0.316 e. The van der Waals surface area contributed by atoms with E-state index in [1.165, 1.54) is 24.1 Å². The van der Waals surface area contributed by atoms with E-state index < -0.39 is 0 Å². The predicted molar refractivity (Wildman–Crippen MR) is 54.2 cm³/mol. The summed E-state index contributed by atoms with van der Waals surface area (Å²) in [5.41, 5.74) is 2.74. The first-order valence-electron chi connectivity index (χ1n) is 4.80. The molecule has 1 atom stereocenters. The van der Waals surface area contributed by atoms with Gasteiger partial charge in [-0.25, -0.2) is 0 Å². The van der Waals surface area contributed by atoms with Crippen molar-refractivity contribution in [3.63, 3.8) is 0 Å². The van der Waals surface area contributed by atoms with E-state index in [9.17, 15) is 0 Å². The van der Waals surface area contributed by atoms with E-state index in [1.54, 1.807) is 0 Å². The Morgan fingerprint density at radius 3 is 2.92 bits per heavy atom. The molecule has 1 unspecified atom stereocenters. The average molecular weight is 165 g/mol. The first kappa shape index (κ1) is 9.53. The summed E-state index contributed by atoms with van der Waals surface area (Å²) in [6.45, 7) is 10.7. The van der Waals surface area contributed by atoms with Gasteiger partial charge >= 0.3 is 0 Å². The molecule has 1 fully saturated rings. The molecular weight excluding hydrogens is 146 g/mol. The van der Waals surface area contributed by atoms with Crippen molar-refractivity contribution in [2.24, 2.45) is 5.92 Å². The summed E-state index contributed by atoms with van der Waals surface area (Å²) in [6.07, 6.45) is 4.61. The molecule has 0 amide bonds. The van der Waals surface area contributed by atoms with Gasteiger partial charge in [-0.05, 0) is 32.2 Å². The summed E-state index contributed by atoms with van der Waals surface area (Å²) in [6, 6.07) is 0. The fourth-order valence-electron chi connectivity index (χ4n) is 1.59. The van der Waals surface area contributed by atoms with Gasteiger partial charge in [0.25, 0.3) is 0 Å². The van der Waals surface area contributed by atoms with Gasteiger partial charge in [-0.3, -0.25) is 0 Å². The van der Waals surface area contributed by atoms with Gasteiger partial charge in [0.1, 0.15) is 0 Å². The lowest BCUT2D eigenvalue weighted by Crippen LogP contribution is -2.09. The van der Waals surface area contributed by atoms with Crippen LogP contribution in [0.15, 0.2) is 23.8 Å². The number of nitrogens with one attached hydrogen (secondary N) is 1. The third-order valence-corrected chi connectivity index (χ3v) is 2.59. The van der Waals surface area contributed by atoms with Crippen molar-refractivity contribution < 1.29 is 0 Å². The lowest BCUT2D eigenvalue weighted by Gasteiger charge is -2.08. The van der Waals surface area contributed by atoms with Crippen molar-refractivity contribution >= 4 is 0 Å². The van der Waals surface area contributed by atoms with Crippen molar-refractivity contribution in [1.82, 2.24) is 5.32 Å². The number of hydrogen-bond donors (Lipinski definition) is 1. The lowest BCUT2D eigenvalue weighted by molar-refractivity contribution is 0.680. The highest BCUT2D eigenvalue weighted by molar-refractivity contribution is 5.21. The smallest absolute Gasteiger partial charge is 0.00173 e. The van der Waals surface area contributed by atoms with E-state index in [-0.39, 0.29) is 0 Å². The minimum absolute atomic E-state index is 0.758. The Morgan fingerprint density at radius 2 is 2.42 bits per heavy atom. The highest BCUT2D eigenvalue weighted by Gasteiger charge is 2.15. The third kappa shape index (κ3) is 2.49. The van der Waals surface area contributed by atoms with Crippen LogP contribution in [0.2, 0.25) is 0 Å². The Kier molecular flexibility index (Phi) is 3.54. The highest BCUT2D eigenvalue weighted by Crippen LogP contribution is 2.19. The van der Waals surface area contributed by atoms with Gasteiger partial charge in [0.15, 0.2) is 0 Å². The van der Waals surface area contributed by atoms with Crippen LogP contribution in [-0.4, -0.2) is 13.1 Å². The monoisotopic (exact) mass is 165 g/mol. The molecule has 0 aromatic heterocycles. The van der Waals surface area contributed by atoms with E-state index in [0.29, 0.717) is 0 Å². The number of allylic oxidation sites excluding steroid dienone is 2. The van der Waals surface area contributed by atoms with Crippen LogP contribution in [0.5, 0.6) is 0 Å². The molecule has 1 N–H and O–H groups in total. The molecule has 0 aromatic rings. The van der Waals surface area contributed by atoms with Crippen molar-refractivity contribution in [1.29, 1.82) is 0 Å². The summed E-state index contributed by atoms with van der Waals surface area (Å²) in [4.78, 5) is 0. The van der Waals surface area contributed by atoms with Gasteiger partial charge in [-0.15, -0.1) is 0 Å². The quantitative estimate of drug-likeness (QED) is 0.634. The highest BCUT2D eigenvalue weighted by atomic mass is 14.9. The van der Waals surface area contributed by atoms with Crippen LogP contribution in [0.1, 0.15) is 26.7 Å². The first-order chi connectivity index (χ1) is 5.74. The molecule has 0 bridgehead atoms. The van der Waals surface area contributed by atoms with Gasteiger partial charge in [0.05, 0.1) is 0 Å². The summed E-state index contributed by atoms with van der Waals surface area (Å²) >= 11 is 0. The minimum Gasteiger partial charge on any atom is -0.316 e. The molecule has 1 heteroatoms. The molecule has 0 aliphatic carbocycles. The maximum Gasteiger partial charge on any atom is 0.00173 e. The Hall–Kier alpha value is -0.560. The summed E-state index contributed by atoms with van der Waals surface area (Å²) in [7, 11) is 0. The molecule has 1 aliphatic heterocycles. The van der Waals surface area contributed by atoms with Crippen LogP contribution in [0.25, 0.3) is 0 Å². The van der Waals surface area contributed by atoms with Crippen molar-refractivity contribution in [2.75, 3.05) is 13.1 Å². The molecule has 0 aromatic carbocycles. The van der Waals surface area contributed by atoms with E-state index in [0.717, 1.165) is 18.9 Å². The second-order valence-electron chi connectivity index (χ2n) is 3.59. The standard InChI is InChI=1S/C11H19N/c1-4-9(2)7-10(3)11-5-6-12-8-11/h7,11-12H,2,4-6,8H2,1,3H3/b10-7-. The summed E-state index contributed by atoms with van der Waals surface area (Å²) in [5.74, 6) is 0.758. The Morgan fingerprint density at radius 1 is 1.67 bits per heavy atom. The SMILES string of the molecule is C=C(/C=C(/C)C1CCNC1)CC. The van der Waals surface area contributed by atoms with Crippen LogP contribution < -0.4 is 5.32 Å². The lowest BCUT2D eigenvalue weighted by atomic mass is 9.97. The molecule has 0 spiro atoms. The second-order valence-corrected chi connectivity index (χ2v) is 3.59. The van der Waals surface area contributed by atoms with Crippen LogP contribution in [0.4, 0.5) is 0 Å². The molecule has 1 aliphatic rings. The van der Waals surface area contributed by atoms with Gasteiger partial charge in [-0.1, -0.05) is 30.7 Å². The fraction of sp³-hybridized carbons (Fsp3) is 0.636. The molecule has 1 heterocycles. The van der Waals surface area contributed by atoms with Crippen molar-refractivity contribution in [3.05, 3.63) is 23.8 Å². The molecular formula is C11H19N. The van der Waals surface area contributed by atoms with Crippen molar-refractivity contribution in [3.8, 4) is 0 Å². The topological polar surface area (TPSA) is 12.0 Å². The Balaban J connectivity index is 2.49. The Labute approximate surface area is 75.6 Å².